The van der Waals surface area contributed by atoms with E-state index in [0.717, 1.165) is 11.1 Å². The van der Waals surface area contributed by atoms with E-state index in [1.54, 1.807) is 17.4 Å². The molecule has 0 fully saturated rings. The molecule has 0 aliphatic rings. The van der Waals surface area contributed by atoms with Crippen LogP contribution in [0.3, 0.4) is 0 Å². The average Bonchev–Trinajstić information content (AvgIpc) is 2.65. The molecule has 1 aromatic heterocycles. The lowest BCUT2D eigenvalue weighted by Crippen LogP contribution is -2.17. The quantitative estimate of drug-likeness (QED) is 0.878. The first-order valence-electron chi connectivity index (χ1n) is 6.03. The van der Waals surface area contributed by atoms with Crippen LogP contribution in [0.4, 0.5) is 4.39 Å². The third kappa shape index (κ3) is 2.47. The van der Waals surface area contributed by atoms with Gasteiger partial charge in [-0.3, -0.25) is 0 Å². The standard InChI is InChI=1S/C15H18FNS/c1-9-5-6-12(16)8-13(9)15(17-4)14-7-10(2)11(3)18-14/h5-8,15,17H,1-4H3. The van der Waals surface area contributed by atoms with Crippen molar-refractivity contribution in [2.24, 2.45) is 0 Å². The van der Waals surface area contributed by atoms with Gasteiger partial charge in [-0.15, -0.1) is 11.3 Å². The fourth-order valence-corrected chi connectivity index (χ4v) is 3.29. The highest BCUT2D eigenvalue weighted by Gasteiger charge is 2.17. The van der Waals surface area contributed by atoms with Crippen LogP contribution < -0.4 is 5.32 Å². The first-order chi connectivity index (χ1) is 8.52. The van der Waals surface area contributed by atoms with Crippen molar-refractivity contribution in [3.05, 3.63) is 56.5 Å². The summed E-state index contributed by atoms with van der Waals surface area (Å²) in [5, 5.41) is 3.29. The van der Waals surface area contributed by atoms with Gasteiger partial charge in [-0.2, -0.15) is 0 Å². The Labute approximate surface area is 112 Å². The highest BCUT2D eigenvalue weighted by atomic mass is 32.1. The molecule has 1 aromatic carbocycles. The van der Waals surface area contributed by atoms with Crippen molar-refractivity contribution >= 4 is 11.3 Å². The van der Waals surface area contributed by atoms with Gasteiger partial charge in [0.25, 0.3) is 0 Å². The van der Waals surface area contributed by atoms with E-state index in [0.29, 0.717) is 0 Å². The molecule has 0 saturated heterocycles. The van der Waals surface area contributed by atoms with E-state index in [-0.39, 0.29) is 11.9 Å². The fourth-order valence-electron chi connectivity index (χ4n) is 2.12. The molecule has 1 N–H and O–H groups in total. The number of nitrogens with one attached hydrogen (secondary N) is 1. The monoisotopic (exact) mass is 263 g/mol. The van der Waals surface area contributed by atoms with Crippen LogP contribution in [-0.4, -0.2) is 7.05 Å². The highest BCUT2D eigenvalue weighted by Crippen LogP contribution is 2.32. The Hall–Kier alpha value is -1.19. The van der Waals surface area contributed by atoms with Crippen molar-refractivity contribution in [1.29, 1.82) is 0 Å². The summed E-state index contributed by atoms with van der Waals surface area (Å²) in [5.41, 5.74) is 3.42. The number of thiophene rings is 1. The summed E-state index contributed by atoms with van der Waals surface area (Å²) in [6, 6.07) is 7.23. The molecule has 0 bridgehead atoms. The van der Waals surface area contributed by atoms with Gasteiger partial charge in [0.05, 0.1) is 6.04 Å². The summed E-state index contributed by atoms with van der Waals surface area (Å²) >= 11 is 1.77. The summed E-state index contributed by atoms with van der Waals surface area (Å²) in [5.74, 6) is -0.180. The first kappa shape index (κ1) is 13.2. The molecule has 0 spiro atoms. The number of benzene rings is 1. The van der Waals surface area contributed by atoms with Gasteiger partial charge < -0.3 is 5.32 Å². The zero-order valence-electron chi connectivity index (χ0n) is 11.2. The molecule has 18 heavy (non-hydrogen) atoms. The summed E-state index contributed by atoms with van der Waals surface area (Å²) in [6.45, 7) is 6.25. The third-order valence-corrected chi connectivity index (χ3v) is 4.53. The Kier molecular flexibility index (Phi) is 3.83. The minimum atomic E-state index is -0.180. The van der Waals surface area contributed by atoms with Gasteiger partial charge in [-0.1, -0.05) is 6.07 Å². The predicted molar refractivity (Wildman–Crippen MR) is 75.8 cm³/mol. The minimum absolute atomic E-state index is 0.0677. The van der Waals surface area contributed by atoms with Crippen LogP contribution in [0.5, 0.6) is 0 Å². The van der Waals surface area contributed by atoms with Gasteiger partial charge in [-0.25, -0.2) is 4.39 Å². The van der Waals surface area contributed by atoms with Gasteiger partial charge in [0.1, 0.15) is 5.82 Å². The Morgan fingerprint density at radius 3 is 2.39 bits per heavy atom. The molecule has 1 heterocycles. The van der Waals surface area contributed by atoms with E-state index in [2.05, 4.69) is 25.2 Å². The van der Waals surface area contributed by atoms with Crippen molar-refractivity contribution in [2.45, 2.75) is 26.8 Å². The summed E-state index contributed by atoms with van der Waals surface area (Å²) in [7, 11) is 1.92. The smallest absolute Gasteiger partial charge is 0.123 e. The summed E-state index contributed by atoms with van der Waals surface area (Å²) in [4.78, 5) is 2.56. The van der Waals surface area contributed by atoms with E-state index >= 15 is 0 Å². The molecule has 96 valence electrons. The molecule has 0 aliphatic carbocycles. The number of hydrogen-bond donors (Lipinski definition) is 1. The molecule has 3 heteroatoms. The second-order valence-electron chi connectivity index (χ2n) is 4.61. The number of rotatable bonds is 3. The Morgan fingerprint density at radius 2 is 1.83 bits per heavy atom. The van der Waals surface area contributed by atoms with Crippen molar-refractivity contribution in [2.75, 3.05) is 7.05 Å². The van der Waals surface area contributed by atoms with Crippen molar-refractivity contribution in [3.8, 4) is 0 Å². The Balaban J connectivity index is 2.48. The normalized spacial score (nSPS) is 12.7. The molecule has 1 nitrogen and oxygen atoms in total. The third-order valence-electron chi connectivity index (χ3n) is 3.31. The molecule has 1 unspecified atom stereocenters. The van der Waals surface area contributed by atoms with Gasteiger partial charge in [-0.05, 0) is 62.7 Å². The second-order valence-corrected chi connectivity index (χ2v) is 5.90. The average molecular weight is 263 g/mol. The first-order valence-corrected chi connectivity index (χ1v) is 6.85. The maximum absolute atomic E-state index is 13.4. The van der Waals surface area contributed by atoms with Crippen LogP contribution in [0, 0.1) is 26.6 Å². The molecule has 2 rings (SSSR count). The fraction of sp³-hybridized carbons (Fsp3) is 0.333. The molecule has 1 atom stereocenters. The minimum Gasteiger partial charge on any atom is -0.309 e. The summed E-state index contributed by atoms with van der Waals surface area (Å²) in [6.07, 6.45) is 0. The largest absolute Gasteiger partial charge is 0.309 e. The summed E-state index contributed by atoms with van der Waals surface area (Å²) < 4.78 is 13.4. The zero-order valence-corrected chi connectivity index (χ0v) is 12.0. The van der Waals surface area contributed by atoms with Crippen LogP contribution in [-0.2, 0) is 0 Å². The lowest BCUT2D eigenvalue weighted by atomic mass is 9.99. The van der Waals surface area contributed by atoms with Gasteiger partial charge in [0.15, 0.2) is 0 Å². The van der Waals surface area contributed by atoms with Crippen LogP contribution in [0.25, 0.3) is 0 Å². The number of hydrogen-bond acceptors (Lipinski definition) is 2. The molecule has 2 aromatic rings. The molecule has 0 radical (unpaired) electrons. The molecule has 0 amide bonds. The zero-order chi connectivity index (χ0) is 13.3. The molecular weight excluding hydrogens is 245 g/mol. The molecule has 0 saturated carbocycles. The van der Waals surface area contributed by atoms with E-state index in [9.17, 15) is 4.39 Å². The molecular formula is C15H18FNS. The van der Waals surface area contributed by atoms with Crippen molar-refractivity contribution in [1.82, 2.24) is 5.32 Å². The Morgan fingerprint density at radius 1 is 1.11 bits per heavy atom. The molecule has 0 aliphatic heterocycles. The topological polar surface area (TPSA) is 12.0 Å². The SMILES string of the molecule is CNC(c1cc(C)c(C)s1)c1cc(F)ccc1C. The number of aryl methyl sites for hydroxylation is 3. The van der Waals surface area contributed by atoms with Crippen LogP contribution in [0.15, 0.2) is 24.3 Å². The maximum atomic E-state index is 13.4. The lowest BCUT2D eigenvalue weighted by molar-refractivity contribution is 0.616. The van der Waals surface area contributed by atoms with E-state index in [1.807, 2.05) is 20.0 Å². The van der Waals surface area contributed by atoms with Crippen LogP contribution in [0.2, 0.25) is 0 Å². The van der Waals surface area contributed by atoms with Gasteiger partial charge in [0, 0.05) is 9.75 Å². The maximum Gasteiger partial charge on any atom is 0.123 e. The highest BCUT2D eigenvalue weighted by molar-refractivity contribution is 7.12. The van der Waals surface area contributed by atoms with Crippen molar-refractivity contribution in [3.63, 3.8) is 0 Å². The van der Waals surface area contributed by atoms with Crippen LogP contribution >= 0.6 is 11.3 Å². The van der Waals surface area contributed by atoms with E-state index < -0.39 is 0 Å². The van der Waals surface area contributed by atoms with Crippen molar-refractivity contribution < 1.29 is 4.39 Å². The lowest BCUT2D eigenvalue weighted by Gasteiger charge is -2.17. The van der Waals surface area contributed by atoms with E-state index in [1.165, 1.54) is 21.4 Å². The predicted octanol–water partition coefficient (Wildman–Crippen LogP) is 4.12. The Bertz CT molecular complexity index is 540. The van der Waals surface area contributed by atoms with Gasteiger partial charge >= 0.3 is 0 Å². The van der Waals surface area contributed by atoms with E-state index in [4.69, 9.17) is 0 Å². The number of halogens is 1. The van der Waals surface area contributed by atoms with Crippen LogP contribution in [0.1, 0.15) is 32.5 Å². The second kappa shape index (κ2) is 5.21. The van der Waals surface area contributed by atoms with Gasteiger partial charge in [0.2, 0.25) is 0 Å².